The molecule has 1 rings (SSSR count). The summed E-state index contributed by atoms with van der Waals surface area (Å²) in [6.07, 6.45) is 0.456. The van der Waals surface area contributed by atoms with Crippen LogP contribution < -0.4 is 11.1 Å². The summed E-state index contributed by atoms with van der Waals surface area (Å²) in [5.41, 5.74) is 4.19. The molecule has 0 saturated carbocycles. The van der Waals surface area contributed by atoms with E-state index in [9.17, 15) is 4.79 Å². The molecule has 0 spiro atoms. The molecule has 4 N–H and O–H groups in total. The van der Waals surface area contributed by atoms with E-state index in [4.69, 9.17) is 20.6 Å². The molecule has 0 bridgehead atoms. The molecule has 0 aromatic carbocycles. The Morgan fingerprint density at radius 1 is 1.41 bits per heavy atom. The molecule has 0 radical (unpaired) electrons. The summed E-state index contributed by atoms with van der Waals surface area (Å²) in [6, 6.07) is 0. The highest BCUT2D eigenvalue weighted by Crippen LogP contribution is 2.21. The number of alkyl carbamates (subject to hydrolysis) is 1. The van der Waals surface area contributed by atoms with E-state index in [0.29, 0.717) is 26.1 Å². The molecule has 0 aliphatic carbocycles. The number of rotatable bonds is 2. The van der Waals surface area contributed by atoms with Crippen LogP contribution in [0.1, 0.15) is 33.6 Å². The molecule has 98 valence electrons. The van der Waals surface area contributed by atoms with Crippen LogP contribution in [0.3, 0.4) is 0 Å². The standard InChI is InChI=1S/C11H21N3O3/c1-10(2,3)17-9(15)14-11(8(12)13)4-6-16-7-5-11/h4-7H2,1-3H3,(H3,12,13)(H,14,15). The van der Waals surface area contributed by atoms with Crippen LogP contribution >= 0.6 is 0 Å². The molecule has 6 nitrogen and oxygen atoms in total. The van der Waals surface area contributed by atoms with E-state index in [0.717, 1.165) is 0 Å². The summed E-state index contributed by atoms with van der Waals surface area (Å²) in [6.45, 7) is 6.33. The molecule has 6 heteroatoms. The van der Waals surface area contributed by atoms with Crippen molar-refractivity contribution in [3.8, 4) is 0 Å². The van der Waals surface area contributed by atoms with Gasteiger partial charge in [-0.2, -0.15) is 0 Å². The van der Waals surface area contributed by atoms with Crippen LogP contribution in [0.2, 0.25) is 0 Å². The zero-order valence-electron chi connectivity index (χ0n) is 10.6. The van der Waals surface area contributed by atoms with Crippen LogP contribution in [-0.4, -0.2) is 36.3 Å². The fourth-order valence-electron chi connectivity index (χ4n) is 1.68. The van der Waals surface area contributed by atoms with Crippen LogP contribution in [0.25, 0.3) is 0 Å². The molecular formula is C11H21N3O3. The summed E-state index contributed by atoms with van der Waals surface area (Å²) in [4.78, 5) is 11.7. The number of hydrogen-bond donors (Lipinski definition) is 3. The van der Waals surface area contributed by atoms with Crippen molar-refractivity contribution in [3.63, 3.8) is 0 Å². The van der Waals surface area contributed by atoms with E-state index in [-0.39, 0.29) is 5.84 Å². The lowest BCUT2D eigenvalue weighted by Crippen LogP contribution is -2.60. The fourth-order valence-corrected chi connectivity index (χ4v) is 1.68. The minimum absolute atomic E-state index is 0.0494. The molecule has 0 aromatic rings. The number of nitrogens with one attached hydrogen (secondary N) is 2. The maximum absolute atomic E-state index is 11.7. The zero-order valence-corrected chi connectivity index (χ0v) is 10.6. The molecule has 1 aliphatic heterocycles. The van der Waals surface area contributed by atoms with Gasteiger partial charge in [0.15, 0.2) is 0 Å². The van der Waals surface area contributed by atoms with Gasteiger partial charge in [0.1, 0.15) is 17.0 Å². The van der Waals surface area contributed by atoms with Crippen molar-refractivity contribution < 1.29 is 14.3 Å². The minimum atomic E-state index is -0.819. The molecule has 1 aliphatic rings. The third-order valence-electron chi connectivity index (χ3n) is 2.60. The third kappa shape index (κ3) is 3.89. The largest absolute Gasteiger partial charge is 0.444 e. The van der Waals surface area contributed by atoms with Crippen molar-refractivity contribution in [1.29, 1.82) is 5.41 Å². The number of amidine groups is 1. The first kappa shape index (κ1) is 13.8. The van der Waals surface area contributed by atoms with Gasteiger partial charge >= 0.3 is 6.09 Å². The van der Waals surface area contributed by atoms with E-state index in [2.05, 4.69) is 5.32 Å². The second-order valence-corrected chi connectivity index (χ2v) is 5.24. The van der Waals surface area contributed by atoms with Crippen molar-refractivity contribution in [2.24, 2.45) is 5.73 Å². The average molecular weight is 243 g/mol. The Hall–Kier alpha value is -1.30. The molecular weight excluding hydrogens is 222 g/mol. The van der Waals surface area contributed by atoms with Gasteiger partial charge in [0.25, 0.3) is 0 Å². The molecule has 1 heterocycles. The van der Waals surface area contributed by atoms with Gasteiger partial charge < -0.3 is 20.5 Å². The third-order valence-corrected chi connectivity index (χ3v) is 2.60. The number of amides is 1. The maximum atomic E-state index is 11.7. The van der Waals surface area contributed by atoms with E-state index < -0.39 is 17.2 Å². The Balaban J connectivity index is 2.67. The topological polar surface area (TPSA) is 97.4 Å². The SMILES string of the molecule is CC(C)(C)OC(=O)NC1(C(=N)N)CCOCC1. The molecule has 1 saturated heterocycles. The van der Waals surface area contributed by atoms with Gasteiger partial charge in [0, 0.05) is 26.1 Å². The van der Waals surface area contributed by atoms with Gasteiger partial charge in [-0.15, -0.1) is 0 Å². The summed E-state index contributed by atoms with van der Waals surface area (Å²) < 4.78 is 10.4. The van der Waals surface area contributed by atoms with E-state index in [1.807, 2.05) is 0 Å². The molecule has 17 heavy (non-hydrogen) atoms. The predicted molar refractivity (Wildman–Crippen MR) is 64.1 cm³/mol. The van der Waals surface area contributed by atoms with Gasteiger partial charge in [-0.3, -0.25) is 5.41 Å². The van der Waals surface area contributed by atoms with Crippen molar-refractivity contribution in [1.82, 2.24) is 5.32 Å². The van der Waals surface area contributed by atoms with Crippen molar-refractivity contribution in [3.05, 3.63) is 0 Å². The highest BCUT2D eigenvalue weighted by molar-refractivity contribution is 5.90. The highest BCUT2D eigenvalue weighted by Gasteiger charge is 2.38. The van der Waals surface area contributed by atoms with Crippen molar-refractivity contribution in [2.45, 2.75) is 44.8 Å². The Morgan fingerprint density at radius 2 is 1.94 bits per heavy atom. The lowest BCUT2D eigenvalue weighted by Gasteiger charge is -2.37. The van der Waals surface area contributed by atoms with Gasteiger partial charge in [-0.25, -0.2) is 4.79 Å². The first-order valence-corrected chi connectivity index (χ1v) is 5.69. The Bertz CT molecular complexity index is 304. The molecule has 1 amide bonds. The Labute approximate surface area is 101 Å². The van der Waals surface area contributed by atoms with Crippen LogP contribution in [-0.2, 0) is 9.47 Å². The van der Waals surface area contributed by atoms with E-state index in [1.165, 1.54) is 0 Å². The summed E-state index contributed by atoms with van der Waals surface area (Å²) >= 11 is 0. The summed E-state index contributed by atoms with van der Waals surface area (Å²) in [5, 5.41) is 10.3. The Kier molecular flexibility index (Phi) is 3.98. The van der Waals surface area contributed by atoms with Crippen LogP contribution in [0, 0.1) is 5.41 Å². The van der Waals surface area contributed by atoms with Crippen LogP contribution in [0.5, 0.6) is 0 Å². The minimum Gasteiger partial charge on any atom is -0.444 e. The second kappa shape index (κ2) is 4.91. The van der Waals surface area contributed by atoms with Gasteiger partial charge in [0.2, 0.25) is 0 Å². The molecule has 1 fully saturated rings. The normalized spacial score (nSPS) is 19.5. The van der Waals surface area contributed by atoms with Gasteiger partial charge in [-0.05, 0) is 20.8 Å². The molecule has 0 aromatic heterocycles. The number of nitrogens with two attached hydrogens (primary N) is 1. The van der Waals surface area contributed by atoms with Crippen molar-refractivity contribution >= 4 is 11.9 Å². The highest BCUT2D eigenvalue weighted by atomic mass is 16.6. The fraction of sp³-hybridized carbons (Fsp3) is 0.818. The van der Waals surface area contributed by atoms with Gasteiger partial charge in [-0.1, -0.05) is 0 Å². The van der Waals surface area contributed by atoms with Crippen molar-refractivity contribution in [2.75, 3.05) is 13.2 Å². The molecule has 0 atom stereocenters. The van der Waals surface area contributed by atoms with E-state index in [1.54, 1.807) is 20.8 Å². The summed E-state index contributed by atoms with van der Waals surface area (Å²) in [5.74, 6) is -0.0494. The lowest BCUT2D eigenvalue weighted by molar-refractivity contribution is 0.0313. The Morgan fingerprint density at radius 3 is 2.35 bits per heavy atom. The zero-order chi connectivity index (χ0) is 13.1. The molecule has 0 unspecified atom stereocenters. The predicted octanol–water partition coefficient (Wildman–Crippen LogP) is 0.996. The van der Waals surface area contributed by atoms with Crippen LogP contribution in [0.4, 0.5) is 4.79 Å². The monoisotopic (exact) mass is 243 g/mol. The average Bonchev–Trinajstić information content (AvgIpc) is 2.15. The quantitative estimate of drug-likeness (QED) is 0.497. The number of hydrogen-bond acceptors (Lipinski definition) is 4. The second-order valence-electron chi connectivity index (χ2n) is 5.24. The number of carbonyl (C=O) groups excluding carboxylic acids is 1. The lowest BCUT2D eigenvalue weighted by atomic mass is 9.89. The smallest absolute Gasteiger partial charge is 0.408 e. The van der Waals surface area contributed by atoms with Crippen LogP contribution in [0.15, 0.2) is 0 Å². The van der Waals surface area contributed by atoms with E-state index >= 15 is 0 Å². The number of ether oxygens (including phenoxy) is 2. The first-order valence-electron chi connectivity index (χ1n) is 5.69. The number of carbonyl (C=O) groups is 1. The first-order chi connectivity index (χ1) is 7.75. The summed E-state index contributed by atoms with van der Waals surface area (Å²) in [7, 11) is 0. The maximum Gasteiger partial charge on any atom is 0.408 e. The van der Waals surface area contributed by atoms with Gasteiger partial charge in [0.05, 0.1) is 0 Å².